The Morgan fingerprint density at radius 2 is 2.10 bits per heavy atom. The minimum absolute atomic E-state index is 0.00486. The van der Waals surface area contributed by atoms with Crippen molar-refractivity contribution in [2.75, 3.05) is 24.6 Å². The summed E-state index contributed by atoms with van der Waals surface area (Å²) in [7, 11) is 0. The van der Waals surface area contributed by atoms with E-state index in [0.717, 1.165) is 12.8 Å². The number of hydrogen-bond acceptors (Lipinski definition) is 7. The summed E-state index contributed by atoms with van der Waals surface area (Å²) in [5.74, 6) is 0.348. The van der Waals surface area contributed by atoms with Crippen LogP contribution in [0.1, 0.15) is 37.2 Å². The lowest BCUT2D eigenvalue weighted by atomic mass is 10.2. The summed E-state index contributed by atoms with van der Waals surface area (Å²) in [5, 5.41) is 9.30. The molecule has 0 unspecified atom stereocenters. The third-order valence-electron chi connectivity index (χ3n) is 4.65. The van der Waals surface area contributed by atoms with Crippen LogP contribution in [0.25, 0.3) is 0 Å². The van der Waals surface area contributed by atoms with Crippen LogP contribution in [0.4, 0.5) is 5.82 Å². The van der Waals surface area contributed by atoms with E-state index in [0.29, 0.717) is 24.7 Å². The van der Waals surface area contributed by atoms with Crippen molar-refractivity contribution in [3.63, 3.8) is 0 Å². The second-order valence-electron chi connectivity index (χ2n) is 7.07. The Hall–Kier alpha value is -3.14. The molecule has 1 aliphatic rings. The molecule has 0 spiro atoms. The highest BCUT2D eigenvalue weighted by atomic mass is 16.5. The van der Waals surface area contributed by atoms with Crippen molar-refractivity contribution in [2.24, 2.45) is 0 Å². The molecule has 30 heavy (non-hydrogen) atoms. The van der Waals surface area contributed by atoms with Crippen LogP contribution in [-0.2, 0) is 25.7 Å². The van der Waals surface area contributed by atoms with E-state index in [-0.39, 0.29) is 49.7 Å². The van der Waals surface area contributed by atoms with Gasteiger partial charge in [-0.2, -0.15) is 0 Å². The monoisotopic (exact) mass is 418 g/mol. The molecule has 2 N–H and O–H groups in total. The number of nitrogens with zero attached hydrogens (tertiary/aromatic N) is 2. The number of aromatic nitrogens is 1. The van der Waals surface area contributed by atoms with Crippen molar-refractivity contribution < 1.29 is 28.1 Å². The SMILES string of the molecule is Cc1cc(N(CC(=O)NC[C@@H]2CCCO2)C(=O)CCC(=O)NCc2ccco2)no1. The van der Waals surface area contributed by atoms with Gasteiger partial charge < -0.3 is 24.3 Å². The molecule has 0 aromatic carbocycles. The summed E-state index contributed by atoms with van der Waals surface area (Å²) in [5.41, 5.74) is 0. The van der Waals surface area contributed by atoms with Gasteiger partial charge in [0.15, 0.2) is 5.82 Å². The summed E-state index contributed by atoms with van der Waals surface area (Å²) in [6.45, 7) is 2.82. The molecule has 10 nitrogen and oxygen atoms in total. The van der Waals surface area contributed by atoms with Crippen LogP contribution in [0.3, 0.4) is 0 Å². The standard InChI is InChI=1S/C20H26N4O6/c1-14-10-17(23-30-14)24(13-19(26)22-12-16-5-3-9-29-16)20(27)7-6-18(25)21-11-15-4-2-8-28-15/h2,4,8,10,16H,3,5-7,9,11-13H2,1H3,(H,21,25)(H,22,26)/t16-/m0/s1. The van der Waals surface area contributed by atoms with Gasteiger partial charge in [0.2, 0.25) is 17.7 Å². The molecule has 2 aromatic heterocycles. The predicted molar refractivity (Wildman–Crippen MR) is 105 cm³/mol. The second-order valence-corrected chi connectivity index (χ2v) is 7.07. The molecular weight excluding hydrogens is 392 g/mol. The van der Waals surface area contributed by atoms with Gasteiger partial charge in [-0.05, 0) is 31.9 Å². The predicted octanol–water partition coefficient (Wildman–Crippen LogP) is 1.30. The Morgan fingerprint density at radius 1 is 1.23 bits per heavy atom. The van der Waals surface area contributed by atoms with Crippen LogP contribution < -0.4 is 15.5 Å². The number of amides is 3. The van der Waals surface area contributed by atoms with Crippen LogP contribution in [0, 0.1) is 6.92 Å². The zero-order chi connectivity index (χ0) is 21.3. The minimum atomic E-state index is -0.399. The molecule has 0 aliphatic carbocycles. The van der Waals surface area contributed by atoms with E-state index in [2.05, 4.69) is 15.8 Å². The Morgan fingerprint density at radius 3 is 2.77 bits per heavy atom. The maximum Gasteiger partial charge on any atom is 0.240 e. The maximum atomic E-state index is 12.7. The number of anilines is 1. The largest absolute Gasteiger partial charge is 0.467 e. The summed E-state index contributed by atoms with van der Waals surface area (Å²) in [6.07, 6.45) is 3.31. The van der Waals surface area contributed by atoms with Gasteiger partial charge in [0, 0.05) is 32.1 Å². The Labute approximate surface area is 173 Å². The molecule has 162 valence electrons. The average Bonchev–Trinajstić information content (AvgIpc) is 3.50. The first-order valence-corrected chi connectivity index (χ1v) is 9.92. The van der Waals surface area contributed by atoms with E-state index < -0.39 is 5.91 Å². The Balaban J connectivity index is 1.51. The fourth-order valence-electron chi connectivity index (χ4n) is 3.05. The number of hydrogen-bond donors (Lipinski definition) is 2. The minimum Gasteiger partial charge on any atom is -0.467 e. The molecule has 0 saturated carbocycles. The Bertz CT molecular complexity index is 841. The molecule has 3 heterocycles. The van der Waals surface area contributed by atoms with Crippen molar-refractivity contribution in [1.29, 1.82) is 0 Å². The molecule has 3 amide bonds. The molecule has 3 rings (SSSR count). The van der Waals surface area contributed by atoms with Gasteiger partial charge in [-0.1, -0.05) is 5.16 Å². The van der Waals surface area contributed by atoms with Gasteiger partial charge in [-0.25, -0.2) is 0 Å². The number of carbonyl (C=O) groups excluding carboxylic acids is 3. The smallest absolute Gasteiger partial charge is 0.240 e. The van der Waals surface area contributed by atoms with Crippen LogP contribution in [0.5, 0.6) is 0 Å². The van der Waals surface area contributed by atoms with Gasteiger partial charge >= 0.3 is 0 Å². The van der Waals surface area contributed by atoms with E-state index in [1.54, 1.807) is 25.1 Å². The van der Waals surface area contributed by atoms with E-state index in [4.69, 9.17) is 13.7 Å². The van der Waals surface area contributed by atoms with E-state index >= 15 is 0 Å². The molecule has 10 heteroatoms. The quantitative estimate of drug-likeness (QED) is 0.595. The number of ether oxygens (including phenoxy) is 1. The lowest BCUT2D eigenvalue weighted by Crippen LogP contribution is -2.43. The van der Waals surface area contributed by atoms with Crippen LogP contribution in [-0.4, -0.2) is 48.7 Å². The van der Waals surface area contributed by atoms with Crippen molar-refractivity contribution in [3.05, 3.63) is 36.0 Å². The molecule has 1 atom stereocenters. The Kier molecular flexibility index (Phi) is 7.61. The fraction of sp³-hybridized carbons (Fsp3) is 0.500. The molecular formula is C20H26N4O6. The zero-order valence-corrected chi connectivity index (χ0v) is 16.9. The van der Waals surface area contributed by atoms with E-state index in [1.807, 2.05) is 0 Å². The highest BCUT2D eigenvalue weighted by molar-refractivity contribution is 5.99. The van der Waals surface area contributed by atoms with Gasteiger partial charge in [-0.15, -0.1) is 0 Å². The average molecular weight is 418 g/mol. The third kappa shape index (κ3) is 6.45. The second kappa shape index (κ2) is 10.6. The van der Waals surface area contributed by atoms with Gasteiger partial charge in [0.25, 0.3) is 0 Å². The molecule has 1 saturated heterocycles. The van der Waals surface area contributed by atoms with Gasteiger partial charge in [-0.3, -0.25) is 19.3 Å². The normalized spacial score (nSPS) is 15.7. The molecule has 1 aliphatic heterocycles. The molecule has 2 aromatic rings. The van der Waals surface area contributed by atoms with Crippen molar-refractivity contribution in [1.82, 2.24) is 15.8 Å². The molecule has 1 fully saturated rings. The first-order chi connectivity index (χ1) is 14.5. The molecule has 0 bridgehead atoms. The van der Waals surface area contributed by atoms with Crippen LogP contribution in [0.2, 0.25) is 0 Å². The molecule has 0 radical (unpaired) electrons. The van der Waals surface area contributed by atoms with Crippen molar-refractivity contribution in [2.45, 2.75) is 45.3 Å². The highest BCUT2D eigenvalue weighted by Crippen LogP contribution is 2.16. The van der Waals surface area contributed by atoms with Gasteiger partial charge in [0.1, 0.15) is 18.1 Å². The fourth-order valence-corrected chi connectivity index (χ4v) is 3.05. The first-order valence-electron chi connectivity index (χ1n) is 9.92. The van der Waals surface area contributed by atoms with Crippen LogP contribution >= 0.6 is 0 Å². The first kappa shape index (κ1) is 21.6. The summed E-state index contributed by atoms with van der Waals surface area (Å²) < 4.78 is 15.7. The lowest BCUT2D eigenvalue weighted by molar-refractivity contribution is -0.126. The number of furan rings is 1. The lowest BCUT2D eigenvalue weighted by Gasteiger charge is -2.20. The van der Waals surface area contributed by atoms with Crippen LogP contribution in [0.15, 0.2) is 33.4 Å². The number of carbonyl (C=O) groups is 3. The van der Waals surface area contributed by atoms with Crippen molar-refractivity contribution >= 4 is 23.5 Å². The van der Waals surface area contributed by atoms with Gasteiger partial charge in [0.05, 0.1) is 18.9 Å². The number of aryl methyl sites for hydroxylation is 1. The highest BCUT2D eigenvalue weighted by Gasteiger charge is 2.24. The summed E-state index contributed by atoms with van der Waals surface area (Å²) in [4.78, 5) is 38.3. The third-order valence-corrected chi connectivity index (χ3v) is 4.65. The number of rotatable bonds is 10. The topological polar surface area (TPSA) is 127 Å². The summed E-state index contributed by atoms with van der Waals surface area (Å²) >= 11 is 0. The van der Waals surface area contributed by atoms with E-state index in [9.17, 15) is 14.4 Å². The zero-order valence-electron chi connectivity index (χ0n) is 16.9. The maximum absolute atomic E-state index is 12.7. The van der Waals surface area contributed by atoms with E-state index in [1.165, 1.54) is 11.2 Å². The van der Waals surface area contributed by atoms with Crippen molar-refractivity contribution in [3.8, 4) is 0 Å². The number of nitrogens with one attached hydrogen (secondary N) is 2. The summed E-state index contributed by atoms with van der Waals surface area (Å²) in [6, 6.07) is 5.05.